The van der Waals surface area contributed by atoms with Gasteiger partial charge in [-0.3, -0.25) is 0 Å². The molecule has 0 amide bonds. The number of hydrogen-bond acceptors (Lipinski definition) is 2. The maximum atomic E-state index is 8.11. The average Bonchev–Trinajstić information content (AvgIpc) is 1.38. The molecule has 0 bridgehead atoms. The van der Waals surface area contributed by atoms with Crippen molar-refractivity contribution in [2.75, 3.05) is 6.61 Å². The Labute approximate surface area is 74.4 Å². The molecule has 0 aliphatic heterocycles. The van der Waals surface area contributed by atoms with Crippen LogP contribution in [-0.4, -0.2) is 68.4 Å². The van der Waals surface area contributed by atoms with E-state index < -0.39 is 6.10 Å². The van der Waals surface area contributed by atoms with Crippen LogP contribution in [0.1, 0.15) is 6.92 Å². The van der Waals surface area contributed by atoms with E-state index in [0.29, 0.717) is 0 Å². The third-order valence-electron chi connectivity index (χ3n) is 0.264. The van der Waals surface area contributed by atoms with Gasteiger partial charge >= 0.3 is 45.5 Å². The van der Waals surface area contributed by atoms with Gasteiger partial charge in [0.2, 0.25) is 0 Å². The second-order valence-electron chi connectivity index (χ2n) is 1.03. The molecule has 0 heterocycles. The number of aliphatic hydroxyl groups is 2. The third kappa shape index (κ3) is 9.04. The van der Waals surface area contributed by atoms with Crippen molar-refractivity contribution in [2.45, 2.75) is 13.0 Å². The predicted molar refractivity (Wildman–Crippen MR) is 27.3 cm³/mol. The Morgan fingerprint density at radius 2 is 1.83 bits per heavy atom. The van der Waals surface area contributed by atoms with Gasteiger partial charge in [-0.1, -0.05) is 0 Å². The van der Waals surface area contributed by atoms with Crippen LogP contribution in [0.4, 0.5) is 0 Å². The summed E-state index contributed by atoms with van der Waals surface area (Å²) in [6.07, 6.45) is -0.560. The number of aliphatic hydroxyl groups excluding tert-OH is 2. The quantitative estimate of drug-likeness (QED) is 0.462. The van der Waals surface area contributed by atoms with Crippen molar-refractivity contribution in [2.24, 2.45) is 0 Å². The van der Waals surface area contributed by atoms with Crippen LogP contribution < -0.4 is 0 Å². The fraction of sp³-hybridized carbons (Fsp3) is 1.00. The van der Waals surface area contributed by atoms with Crippen LogP contribution in [0.5, 0.6) is 0 Å². The summed E-state index contributed by atoms with van der Waals surface area (Å²) in [5, 5.41) is 16.0. The Bertz CT molecular complexity index is 22.8. The van der Waals surface area contributed by atoms with Crippen LogP contribution in [0.3, 0.4) is 0 Å². The Morgan fingerprint density at radius 3 is 1.83 bits per heavy atom. The first kappa shape index (κ1) is 10.4. The number of hydrogen-bond donors (Lipinski definition) is 2. The summed E-state index contributed by atoms with van der Waals surface area (Å²) >= 11 is 0. The fourth-order valence-corrected chi connectivity index (χ4v) is 0. The molecule has 1 unspecified atom stereocenters. The SMILES string of the molecule is CC(O)CO.[SrH2]. The minimum absolute atomic E-state index is 0. The minimum atomic E-state index is -0.560. The van der Waals surface area contributed by atoms with Gasteiger partial charge in [-0.15, -0.1) is 0 Å². The normalized spacial score (nSPS) is 12.5. The zero-order chi connectivity index (χ0) is 4.28. The molecular formula is C3H10O2Sr. The van der Waals surface area contributed by atoms with Crippen molar-refractivity contribution in [3.8, 4) is 0 Å². The Kier molecular flexibility index (Phi) is 11.1. The van der Waals surface area contributed by atoms with E-state index in [2.05, 4.69) is 0 Å². The van der Waals surface area contributed by atoms with Gasteiger partial charge in [-0.05, 0) is 6.92 Å². The van der Waals surface area contributed by atoms with Gasteiger partial charge in [0.1, 0.15) is 0 Å². The first-order valence-electron chi connectivity index (χ1n) is 1.56. The van der Waals surface area contributed by atoms with Gasteiger partial charge in [0.05, 0.1) is 12.7 Å². The third-order valence-corrected chi connectivity index (χ3v) is 0.264. The van der Waals surface area contributed by atoms with E-state index in [-0.39, 0.29) is 52.1 Å². The number of rotatable bonds is 1. The fourth-order valence-electron chi connectivity index (χ4n) is 0. The van der Waals surface area contributed by atoms with Crippen LogP contribution >= 0.6 is 0 Å². The van der Waals surface area contributed by atoms with E-state index in [1.165, 1.54) is 6.92 Å². The average molecular weight is 166 g/mol. The molecule has 0 aromatic heterocycles. The van der Waals surface area contributed by atoms with Gasteiger partial charge in [-0.25, -0.2) is 0 Å². The molecule has 0 saturated carbocycles. The molecule has 36 valence electrons. The first-order valence-corrected chi connectivity index (χ1v) is 1.56. The van der Waals surface area contributed by atoms with Gasteiger partial charge in [0.25, 0.3) is 0 Å². The molecule has 0 spiro atoms. The second-order valence-corrected chi connectivity index (χ2v) is 1.03. The van der Waals surface area contributed by atoms with Crippen molar-refractivity contribution in [1.29, 1.82) is 0 Å². The molecule has 2 nitrogen and oxygen atoms in total. The van der Waals surface area contributed by atoms with Gasteiger partial charge < -0.3 is 10.2 Å². The Morgan fingerprint density at radius 1 is 1.67 bits per heavy atom. The zero-order valence-electron chi connectivity index (χ0n) is 3.18. The Balaban J connectivity index is 0. The summed E-state index contributed by atoms with van der Waals surface area (Å²) in [6, 6.07) is 0. The van der Waals surface area contributed by atoms with Crippen LogP contribution in [0.2, 0.25) is 0 Å². The molecule has 0 aliphatic carbocycles. The molecule has 2 N–H and O–H groups in total. The maximum absolute atomic E-state index is 8.11. The standard InChI is InChI=1S/C3H8O2.Sr.2H/c1-3(5)2-4;;;/h3-5H,2H2,1H3;;;. The summed E-state index contributed by atoms with van der Waals surface area (Å²) in [5.41, 5.74) is 0. The van der Waals surface area contributed by atoms with Crippen LogP contribution in [0.15, 0.2) is 0 Å². The summed E-state index contributed by atoms with van der Waals surface area (Å²) in [5.74, 6) is 0. The summed E-state index contributed by atoms with van der Waals surface area (Å²) in [6.45, 7) is 1.39. The van der Waals surface area contributed by atoms with Crippen molar-refractivity contribution in [3.63, 3.8) is 0 Å². The molecule has 0 rings (SSSR count). The molecule has 3 heteroatoms. The van der Waals surface area contributed by atoms with Crippen LogP contribution in [-0.2, 0) is 0 Å². The molecule has 0 saturated heterocycles. The molecule has 1 atom stereocenters. The van der Waals surface area contributed by atoms with Crippen molar-refractivity contribution >= 4 is 45.5 Å². The van der Waals surface area contributed by atoms with Gasteiger partial charge in [0, 0.05) is 0 Å². The second kappa shape index (κ2) is 6.40. The van der Waals surface area contributed by atoms with E-state index in [0.717, 1.165) is 0 Å². The summed E-state index contributed by atoms with van der Waals surface area (Å²) < 4.78 is 0. The van der Waals surface area contributed by atoms with Gasteiger partial charge in [0.15, 0.2) is 0 Å². The molecule has 0 radical (unpaired) electrons. The van der Waals surface area contributed by atoms with Gasteiger partial charge in [-0.2, -0.15) is 0 Å². The van der Waals surface area contributed by atoms with Crippen LogP contribution in [0.25, 0.3) is 0 Å². The van der Waals surface area contributed by atoms with E-state index in [1.807, 2.05) is 0 Å². The molecule has 0 fully saturated rings. The van der Waals surface area contributed by atoms with E-state index in [4.69, 9.17) is 10.2 Å². The monoisotopic (exact) mass is 166 g/mol. The van der Waals surface area contributed by atoms with Crippen molar-refractivity contribution in [3.05, 3.63) is 0 Å². The van der Waals surface area contributed by atoms with Crippen molar-refractivity contribution < 1.29 is 10.2 Å². The molecule has 0 aliphatic rings. The molecule has 6 heavy (non-hydrogen) atoms. The first-order chi connectivity index (χ1) is 2.27. The van der Waals surface area contributed by atoms with Crippen LogP contribution in [0, 0.1) is 0 Å². The predicted octanol–water partition coefficient (Wildman–Crippen LogP) is -1.56. The van der Waals surface area contributed by atoms with E-state index >= 15 is 0 Å². The topological polar surface area (TPSA) is 40.5 Å². The zero-order valence-corrected chi connectivity index (χ0v) is 3.18. The summed E-state index contributed by atoms with van der Waals surface area (Å²) in [4.78, 5) is 0. The molecule has 0 aromatic carbocycles. The molecule has 0 aromatic rings. The van der Waals surface area contributed by atoms with E-state index in [1.54, 1.807) is 0 Å². The summed E-state index contributed by atoms with van der Waals surface area (Å²) in [7, 11) is 0. The Hall–Kier alpha value is 1.40. The van der Waals surface area contributed by atoms with E-state index in [9.17, 15) is 0 Å². The van der Waals surface area contributed by atoms with Crippen molar-refractivity contribution in [1.82, 2.24) is 0 Å². The molecular weight excluding hydrogens is 156 g/mol.